The van der Waals surface area contributed by atoms with Gasteiger partial charge in [-0.2, -0.15) is 5.10 Å². The lowest BCUT2D eigenvalue weighted by atomic mass is 9.99. The zero-order chi connectivity index (χ0) is 20.2. The van der Waals surface area contributed by atoms with Crippen molar-refractivity contribution in [2.75, 3.05) is 20.8 Å². The summed E-state index contributed by atoms with van der Waals surface area (Å²) in [4.78, 5) is 19.0. The van der Waals surface area contributed by atoms with Gasteiger partial charge in [0.15, 0.2) is 17.3 Å². The van der Waals surface area contributed by atoms with E-state index >= 15 is 0 Å². The number of aromatic nitrogens is 3. The van der Waals surface area contributed by atoms with Crippen LogP contribution in [-0.4, -0.2) is 46.5 Å². The Bertz CT molecular complexity index is 1000. The zero-order valence-electron chi connectivity index (χ0n) is 16.5. The maximum absolute atomic E-state index is 12.8. The van der Waals surface area contributed by atoms with Crippen molar-refractivity contribution in [3.8, 4) is 17.3 Å². The van der Waals surface area contributed by atoms with Crippen molar-refractivity contribution < 1.29 is 14.3 Å². The number of hydrogen-bond acceptors (Lipinski definition) is 5. The third-order valence-corrected chi connectivity index (χ3v) is 5.02. The molecule has 8 nitrogen and oxygen atoms in total. The number of pyridine rings is 1. The number of ether oxygens (including phenoxy) is 2. The molecule has 0 atom stereocenters. The first-order valence-electron chi connectivity index (χ1n) is 9.40. The van der Waals surface area contributed by atoms with Crippen molar-refractivity contribution in [1.82, 2.24) is 25.0 Å². The van der Waals surface area contributed by atoms with E-state index in [1.807, 2.05) is 36.5 Å². The highest BCUT2D eigenvalue weighted by atomic mass is 16.5. The minimum atomic E-state index is -0.110. The van der Waals surface area contributed by atoms with Crippen LogP contribution in [0.2, 0.25) is 0 Å². The van der Waals surface area contributed by atoms with Crippen LogP contribution in [0.1, 0.15) is 16.7 Å². The Morgan fingerprint density at radius 3 is 2.66 bits per heavy atom. The van der Waals surface area contributed by atoms with Gasteiger partial charge in [0.1, 0.15) is 0 Å². The molecule has 0 unspecified atom stereocenters. The van der Waals surface area contributed by atoms with Gasteiger partial charge in [0, 0.05) is 43.8 Å². The number of amides is 2. The number of rotatable bonds is 5. The molecule has 0 bridgehead atoms. The van der Waals surface area contributed by atoms with E-state index in [0.29, 0.717) is 37.0 Å². The number of carbonyl (C=O) groups excluding carboxylic acids is 1. The Morgan fingerprint density at radius 2 is 1.93 bits per heavy atom. The van der Waals surface area contributed by atoms with Crippen molar-refractivity contribution in [3.05, 3.63) is 65.6 Å². The van der Waals surface area contributed by atoms with Crippen LogP contribution in [0.3, 0.4) is 0 Å². The molecule has 4 rings (SSSR count). The van der Waals surface area contributed by atoms with Crippen molar-refractivity contribution in [2.45, 2.75) is 19.5 Å². The van der Waals surface area contributed by atoms with Gasteiger partial charge < -0.3 is 19.7 Å². The van der Waals surface area contributed by atoms with E-state index in [4.69, 9.17) is 9.47 Å². The quantitative estimate of drug-likeness (QED) is 0.721. The molecule has 0 spiro atoms. The van der Waals surface area contributed by atoms with Crippen LogP contribution < -0.4 is 14.8 Å². The van der Waals surface area contributed by atoms with Gasteiger partial charge in [0.25, 0.3) is 0 Å². The summed E-state index contributed by atoms with van der Waals surface area (Å²) >= 11 is 0. The SMILES string of the molecule is COc1cc2c(cc1OC)CN(C(=O)NCc1cccnc1-n1cccn1)CC2. The van der Waals surface area contributed by atoms with Crippen molar-refractivity contribution >= 4 is 6.03 Å². The van der Waals surface area contributed by atoms with Crippen LogP contribution in [0.25, 0.3) is 5.82 Å². The van der Waals surface area contributed by atoms with Crippen LogP contribution >= 0.6 is 0 Å². The first-order valence-corrected chi connectivity index (χ1v) is 9.40. The third-order valence-electron chi connectivity index (χ3n) is 5.02. The molecule has 2 amide bonds. The highest BCUT2D eigenvalue weighted by Gasteiger charge is 2.23. The number of nitrogens with one attached hydrogen (secondary N) is 1. The Balaban J connectivity index is 1.45. The fourth-order valence-corrected chi connectivity index (χ4v) is 3.51. The summed E-state index contributed by atoms with van der Waals surface area (Å²) in [6.07, 6.45) is 6.02. The lowest BCUT2D eigenvalue weighted by Crippen LogP contribution is -2.42. The molecule has 29 heavy (non-hydrogen) atoms. The monoisotopic (exact) mass is 393 g/mol. The van der Waals surface area contributed by atoms with E-state index in [9.17, 15) is 4.79 Å². The number of nitrogens with zero attached hydrogens (tertiary/aromatic N) is 4. The summed E-state index contributed by atoms with van der Waals surface area (Å²) in [5.74, 6) is 2.10. The summed E-state index contributed by atoms with van der Waals surface area (Å²) in [6, 6.07) is 9.46. The van der Waals surface area contributed by atoms with E-state index < -0.39 is 0 Å². The first kappa shape index (κ1) is 18.8. The molecule has 0 aliphatic carbocycles. The predicted octanol–water partition coefficient (Wildman–Crippen LogP) is 2.55. The normalized spacial score (nSPS) is 13.0. The van der Waals surface area contributed by atoms with Gasteiger partial charge in [0.05, 0.1) is 14.2 Å². The third kappa shape index (κ3) is 3.87. The van der Waals surface area contributed by atoms with Gasteiger partial charge in [-0.05, 0) is 41.8 Å². The van der Waals surface area contributed by atoms with Gasteiger partial charge in [0.2, 0.25) is 0 Å². The van der Waals surface area contributed by atoms with Gasteiger partial charge in [-0.1, -0.05) is 6.07 Å². The maximum atomic E-state index is 12.8. The molecule has 1 aliphatic rings. The topological polar surface area (TPSA) is 81.5 Å². The molecule has 0 saturated heterocycles. The average Bonchev–Trinajstić information content (AvgIpc) is 3.31. The van der Waals surface area contributed by atoms with E-state index in [1.165, 1.54) is 5.56 Å². The zero-order valence-corrected chi connectivity index (χ0v) is 16.5. The lowest BCUT2D eigenvalue weighted by molar-refractivity contribution is 0.191. The predicted molar refractivity (Wildman–Crippen MR) is 107 cm³/mol. The van der Waals surface area contributed by atoms with Gasteiger partial charge in [-0.25, -0.2) is 14.5 Å². The van der Waals surface area contributed by atoms with Crippen LogP contribution in [-0.2, 0) is 19.5 Å². The Hall–Kier alpha value is -3.55. The van der Waals surface area contributed by atoms with Gasteiger partial charge >= 0.3 is 6.03 Å². The molecule has 3 heterocycles. The summed E-state index contributed by atoms with van der Waals surface area (Å²) in [5, 5.41) is 7.23. The van der Waals surface area contributed by atoms with E-state index in [1.54, 1.807) is 36.2 Å². The van der Waals surface area contributed by atoms with E-state index in [-0.39, 0.29) is 6.03 Å². The molecule has 8 heteroatoms. The van der Waals surface area contributed by atoms with E-state index in [2.05, 4.69) is 15.4 Å². The number of methoxy groups -OCH3 is 2. The van der Waals surface area contributed by atoms with Crippen LogP contribution in [0.15, 0.2) is 48.9 Å². The molecule has 3 aromatic rings. The smallest absolute Gasteiger partial charge is 0.317 e. The number of benzene rings is 1. The summed E-state index contributed by atoms with van der Waals surface area (Å²) in [5.41, 5.74) is 3.15. The van der Waals surface area contributed by atoms with Crippen LogP contribution in [0.5, 0.6) is 11.5 Å². The van der Waals surface area contributed by atoms with Gasteiger partial charge in [-0.15, -0.1) is 0 Å². The highest BCUT2D eigenvalue weighted by Crippen LogP contribution is 2.33. The number of carbonyl (C=O) groups is 1. The van der Waals surface area contributed by atoms with Crippen LogP contribution in [0.4, 0.5) is 4.79 Å². The van der Waals surface area contributed by atoms with Crippen LogP contribution in [0, 0.1) is 0 Å². The molecule has 0 fully saturated rings. The molecule has 1 N–H and O–H groups in total. The Labute approximate surface area is 169 Å². The minimum Gasteiger partial charge on any atom is -0.493 e. The Morgan fingerprint density at radius 1 is 1.14 bits per heavy atom. The molecular weight excluding hydrogens is 370 g/mol. The summed E-state index contributed by atoms with van der Waals surface area (Å²) in [6.45, 7) is 1.55. The number of fused-ring (bicyclic) bond motifs is 1. The molecule has 2 aromatic heterocycles. The number of urea groups is 1. The molecule has 0 saturated carbocycles. The van der Waals surface area contributed by atoms with Crippen molar-refractivity contribution in [3.63, 3.8) is 0 Å². The molecule has 150 valence electrons. The van der Waals surface area contributed by atoms with Gasteiger partial charge in [-0.3, -0.25) is 0 Å². The first-order chi connectivity index (χ1) is 14.2. The van der Waals surface area contributed by atoms with Crippen molar-refractivity contribution in [1.29, 1.82) is 0 Å². The highest BCUT2D eigenvalue weighted by molar-refractivity contribution is 5.74. The molecule has 1 aromatic carbocycles. The standard InChI is InChI=1S/C21H23N5O3/c1-28-18-11-15-6-10-25(14-17(15)12-19(18)29-2)21(27)23-13-16-5-3-7-22-20(16)26-9-4-8-24-26/h3-5,7-9,11-12H,6,10,13-14H2,1-2H3,(H,23,27). The average molecular weight is 393 g/mol. The molecular formula is C21H23N5O3. The molecule has 0 radical (unpaired) electrons. The van der Waals surface area contributed by atoms with E-state index in [0.717, 1.165) is 17.5 Å². The fourth-order valence-electron chi connectivity index (χ4n) is 3.51. The largest absolute Gasteiger partial charge is 0.493 e. The Kier molecular flexibility index (Phi) is 5.33. The van der Waals surface area contributed by atoms with Crippen molar-refractivity contribution in [2.24, 2.45) is 0 Å². The second-order valence-corrected chi connectivity index (χ2v) is 6.74. The number of hydrogen-bond donors (Lipinski definition) is 1. The lowest BCUT2D eigenvalue weighted by Gasteiger charge is -2.29. The summed E-state index contributed by atoms with van der Waals surface area (Å²) < 4.78 is 12.5. The second-order valence-electron chi connectivity index (χ2n) is 6.74. The minimum absolute atomic E-state index is 0.110. The fraction of sp³-hybridized carbons (Fsp3) is 0.286. The summed E-state index contributed by atoms with van der Waals surface area (Å²) in [7, 11) is 3.24. The molecule has 1 aliphatic heterocycles. The maximum Gasteiger partial charge on any atom is 0.317 e. The second kappa shape index (κ2) is 8.22.